The highest BCUT2D eigenvalue weighted by Crippen LogP contribution is 2.31. The third-order valence-corrected chi connectivity index (χ3v) is 6.52. The van der Waals surface area contributed by atoms with Crippen LogP contribution in [0.3, 0.4) is 0 Å². The second-order valence-corrected chi connectivity index (χ2v) is 9.08. The van der Waals surface area contributed by atoms with Crippen molar-refractivity contribution in [2.24, 2.45) is 0 Å². The van der Waals surface area contributed by atoms with Crippen molar-refractivity contribution in [3.8, 4) is 0 Å². The van der Waals surface area contributed by atoms with Gasteiger partial charge in [-0.05, 0) is 36.4 Å². The highest BCUT2D eigenvalue weighted by molar-refractivity contribution is 7.99. The summed E-state index contributed by atoms with van der Waals surface area (Å²) in [5.41, 5.74) is 4.37. The Morgan fingerprint density at radius 1 is 0.781 bits per heavy atom. The first-order chi connectivity index (χ1) is 15.3. The second-order valence-electron chi connectivity index (χ2n) is 7.16. The lowest BCUT2D eigenvalue weighted by Crippen LogP contribution is -2.27. The number of nitrogens with zero attached hydrogens (tertiary/aromatic N) is 2. The molecule has 4 aromatic rings. The summed E-state index contributed by atoms with van der Waals surface area (Å²) in [7, 11) is 0. The van der Waals surface area contributed by atoms with Gasteiger partial charge in [-0.15, -0.1) is 47.4 Å². The van der Waals surface area contributed by atoms with Crippen molar-refractivity contribution in [1.29, 1.82) is 0 Å². The van der Waals surface area contributed by atoms with Crippen molar-refractivity contribution >= 4 is 80.6 Å². The summed E-state index contributed by atoms with van der Waals surface area (Å²) in [5, 5.41) is 5.99. The van der Waals surface area contributed by atoms with Gasteiger partial charge in [0, 0.05) is 58.5 Å². The van der Waals surface area contributed by atoms with Gasteiger partial charge in [0.2, 0.25) is 0 Å². The summed E-state index contributed by atoms with van der Waals surface area (Å²) in [6, 6.07) is 25.3. The maximum absolute atomic E-state index is 5.92. The quantitative estimate of drug-likeness (QED) is 0.106. The minimum absolute atomic E-state index is 0. The molecule has 32 heavy (non-hydrogen) atoms. The summed E-state index contributed by atoms with van der Waals surface area (Å²) in [6.07, 6.45) is 0. The van der Waals surface area contributed by atoms with Crippen LogP contribution in [0.2, 0.25) is 0 Å². The number of aromatic nitrogens is 1. The molecule has 0 aliphatic carbocycles. The fourth-order valence-electron chi connectivity index (χ4n) is 3.70. The van der Waals surface area contributed by atoms with Gasteiger partial charge in [0.15, 0.2) is 0 Å². The van der Waals surface area contributed by atoms with Gasteiger partial charge in [-0.3, -0.25) is 0 Å². The molecule has 0 unspecified atom stereocenters. The smallest absolute Gasteiger partial charge is 0.0730 e. The number of fused-ring (bicyclic) bond motifs is 2. The lowest BCUT2D eigenvalue weighted by Gasteiger charge is -2.23. The number of hydrogen-bond acceptors (Lipinski definition) is 4. The zero-order valence-corrected chi connectivity index (χ0v) is 20.8. The van der Waals surface area contributed by atoms with Crippen LogP contribution in [0.15, 0.2) is 77.7 Å². The lowest BCUT2D eigenvalue weighted by atomic mass is 10.1. The molecule has 168 valence electrons. The number of benzene rings is 3. The molecule has 0 spiro atoms. The largest absolute Gasteiger partial charge is 0.383 e. The average Bonchev–Trinajstić information content (AvgIpc) is 2.81. The van der Waals surface area contributed by atoms with E-state index in [0.29, 0.717) is 11.8 Å². The van der Waals surface area contributed by atoms with Gasteiger partial charge in [-0.1, -0.05) is 36.4 Å². The molecule has 1 heterocycles. The van der Waals surface area contributed by atoms with E-state index < -0.39 is 0 Å². The summed E-state index contributed by atoms with van der Waals surface area (Å²) in [6.45, 7) is 2.48. The SMILES string of the molecule is Cl.ClCCN(CCCl)c1ccc(SCCNc2c3ccccc3nc3ccccc23)cc1. The molecule has 0 radical (unpaired) electrons. The van der Waals surface area contributed by atoms with Crippen molar-refractivity contribution in [3.63, 3.8) is 0 Å². The number of anilines is 2. The fourth-order valence-corrected chi connectivity index (χ4v) is 4.88. The molecule has 0 saturated heterocycles. The number of hydrogen-bond donors (Lipinski definition) is 1. The van der Waals surface area contributed by atoms with Crippen LogP contribution in [-0.2, 0) is 0 Å². The van der Waals surface area contributed by atoms with Gasteiger partial charge < -0.3 is 10.2 Å². The molecule has 0 fully saturated rings. The first-order valence-corrected chi connectivity index (χ1v) is 12.5. The molecule has 0 aliphatic heterocycles. The van der Waals surface area contributed by atoms with E-state index in [-0.39, 0.29) is 12.4 Å². The first kappa shape index (κ1) is 24.8. The number of halogens is 3. The summed E-state index contributed by atoms with van der Waals surface area (Å²) < 4.78 is 0. The Labute approximate surface area is 209 Å². The summed E-state index contributed by atoms with van der Waals surface area (Å²) in [5.74, 6) is 2.16. The number of alkyl halides is 2. The molecule has 0 amide bonds. The lowest BCUT2D eigenvalue weighted by molar-refractivity contribution is 0.873. The van der Waals surface area contributed by atoms with E-state index in [1.165, 1.54) is 10.6 Å². The zero-order chi connectivity index (χ0) is 21.5. The van der Waals surface area contributed by atoms with Crippen LogP contribution in [-0.4, -0.2) is 42.1 Å². The minimum Gasteiger partial charge on any atom is -0.383 e. The van der Waals surface area contributed by atoms with Crippen molar-refractivity contribution in [2.75, 3.05) is 47.4 Å². The Hall–Kier alpha value is -1.85. The summed E-state index contributed by atoms with van der Waals surface area (Å²) >= 11 is 13.7. The second kappa shape index (κ2) is 12.4. The van der Waals surface area contributed by atoms with Gasteiger partial charge in [-0.25, -0.2) is 4.98 Å². The minimum atomic E-state index is 0. The highest BCUT2D eigenvalue weighted by atomic mass is 35.5. The average molecular weight is 507 g/mol. The molecular formula is C25H26Cl3N3S. The molecule has 1 aromatic heterocycles. The Morgan fingerprint density at radius 2 is 1.34 bits per heavy atom. The number of rotatable bonds is 10. The zero-order valence-electron chi connectivity index (χ0n) is 17.6. The molecule has 3 nitrogen and oxygen atoms in total. The summed E-state index contributed by atoms with van der Waals surface area (Å²) in [4.78, 5) is 8.27. The van der Waals surface area contributed by atoms with E-state index in [1.54, 1.807) is 0 Å². The van der Waals surface area contributed by atoms with Crippen LogP contribution in [0.1, 0.15) is 0 Å². The van der Waals surface area contributed by atoms with Crippen molar-refractivity contribution < 1.29 is 0 Å². The van der Waals surface area contributed by atoms with Crippen LogP contribution in [0.4, 0.5) is 11.4 Å². The maximum atomic E-state index is 5.92. The van der Waals surface area contributed by atoms with E-state index >= 15 is 0 Å². The van der Waals surface area contributed by atoms with Crippen LogP contribution in [0.5, 0.6) is 0 Å². The Bertz CT molecular complexity index is 1080. The maximum Gasteiger partial charge on any atom is 0.0730 e. The van der Waals surface area contributed by atoms with Crippen molar-refractivity contribution in [1.82, 2.24) is 4.98 Å². The van der Waals surface area contributed by atoms with Crippen molar-refractivity contribution in [3.05, 3.63) is 72.8 Å². The van der Waals surface area contributed by atoms with E-state index in [2.05, 4.69) is 70.9 Å². The number of pyridine rings is 1. The number of nitrogens with one attached hydrogen (secondary N) is 1. The predicted octanol–water partition coefficient (Wildman–Crippen LogP) is 7.30. The van der Waals surface area contributed by atoms with E-state index in [9.17, 15) is 0 Å². The Morgan fingerprint density at radius 3 is 1.91 bits per heavy atom. The van der Waals surface area contributed by atoms with Crippen molar-refractivity contribution in [2.45, 2.75) is 4.90 Å². The normalized spacial score (nSPS) is 10.8. The first-order valence-electron chi connectivity index (χ1n) is 10.4. The van der Waals surface area contributed by atoms with Gasteiger partial charge in [0.25, 0.3) is 0 Å². The molecule has 0 bridgehead atoms. The Kier molecular flexibility index (Phi) is 9.61. The van der Waals surface area contributed by atoms with Crippen LogP contribution < -0.4 is 10.2 Å². The number of thioether (sulfide) groups is 1. The van der Waals surface area contributed by atoms with E-state index in [4.69, 9.17) is 28.2 Å². The molecule has 0 atom stereocenters. The van der Waals surface area contributed by atoms with E-state index in [0.717, 1.165) is 52.9 Å². The predicted molar refractivity (Wildman–Crippen MR) is 146 cm³/mol. The van der Waals surface area contributed by atoms with Crippen LogP contribution >= 0.6 is 47.4 Å². The molecule has 3 aromatic carbocycles. The molecular weight excluding hydrogens is 481 g/mol. The molecule has 0 saturated carbocycles. The molecule has 0 aliphatic rings. The highest BCUT2D eigenvalue weighted by Gasteiger charge is 2.09. The standard InChI is InChI=1S/C25H25Cl2N3S.ClH/c26-13-16-30(17-14-27)19-9-11-20(12-10-19)31-18-15-28-25-21-5-1-3-7-23(21)29-24-8-4-2-6-22(24)25;/h1-12H,13-18H2,(H,28,29);1H. The monoisotopic (exact) mass is 505 g/mol. The fraction of sp³-hybridized carbons (Fsp3) is 0.240. The van der Waals surface area contributed by atoms with Gasteiger partial charge in [0.05, 0.1) is 16.7 Å². The number of para-hydroxylation sites is 2. The molecule has 1 N–H and O–H groups in total. The topological polar surface area (TPSA) is 28.2 Å². The Balaban J connectivity index is 0.00000289. The van der Waals surface area contributed by atoms with Gasteiger partial charge in [-0.2, -0.15) is 0 Å². The van der Waals surface area contributed by atoms with Crippen LogP contribution in [0, 0.1) is 0 Å². The van der Waals surface area contributed by atoms with Gasteiger partial charge >= 0.3 is 0 Å². The molecule has 4 rings (SSSR count). The van der Waals surface area contributed by atoms with Crippen LogP contribution in [0.25, 0.3) is 21.8 Å². The third-order valence-electron chi connectivity index (χ3n) is 5.17. The molecule has 7 heteroatoms. The van der Waals surface area contributed by atoms with Gasteiger partial charge in [0.1, 0.15) is 0 Å². The van der Waals surface area contributed by atoms with E-state index in [1.807, 2.05) is 23.9 Å². The third kappa shape index (κ3) is 5.93.